The summed E-state index contributed by atoms with van der Waals surface area (Å²) in [6.07, 6.45) is 0. The minimum absolute atomic E-state index is 0.00387. The normalized spacial score (nSPS) is 24.3. The van der Waals surface area contributed by atoms with Crippen molar-refractivity contribution < 1.29 is 17.9 Å². The molecule has 0 saturated carbocycles. The largest absolute Gasteiger partial charge is 0.363 e. The number of likely N-dealkylation sites (N-methyl/N-ethyl adjacent to an activating group) is 1. The van der Waals surface area contributed by atoms with Gasteiger partial charge in [0.2, 0.25) is 10.0 Å². The number of hydrogen-bond acceptors (Lipinski definition) is 4. The van der Waals surface area contributed by atoms with Gasteiger partial charge in [0.15, 0.2) is 5.60 Å². The minimum Gasteiger partial charge on any atom is -0.363 e. The van der Waals surface area contributed by atoms with Gasteiger partial charge in [-0.1, -0.05) is 18.2 Å². The lowest BCUT2D eigenvalue weighted by atomic mass is 10.0. The number of hydrogen-bond donors (Lipinski definition) is 1. The van der Waals surface area contributed by atoms with E-state index in [2.05, 4.69) is 5.32 Å². The van der Waals surface area contributed by atoms with Crippen molar-refractivity contribution in [3.05, 3.63) is 30.3 Å². The Morgan fingerprint density at radius 1 is 1.35 bits per heavy atom. The summed E-state index contributed by atoms with van der Waals surface area (Å²) in [5.74, 6) is -0.328. The number of sulfonamides is 1. The zero-order valence-corrected chi connectivity index (χ0v) is 12.3. The van der Waals surface area contributed by atoms with Crippen LogP contribution in [0.5, 0.6) is 0 Å². The maximum atomic E-state index is 12.5. The van der Waals surface area contributed by atoms with E-state index >= 15 is 0 Å². The van der Waals surface area contributed by atoms with Gasteiger partial charge in [0.1, 0.15) is 0 Å². The molecule has 0 bridgehead atoms. The molecule has 1 fully saturated rings. The lowest BCUT2D eigenvalue weighted by Gasteiger charge is -2.38. The van der Waals surface area contributed by atoms with Gasteiger partial charge in [0.05, 0.1) is 18.0 Å². The van der Waals surface area contributed by atoms with Gasteiger partial charge in [0, 0.05) is 13.6 Å². The molecule has 1 aromatic rings. The summed E-state index contributed by atoms with van der Waals surface area (Å²) < 4.78 is 31.8. The summed E-state index contributed by atoms with van der Waals surface area (Å²) >= 11 is 0. The van der Waals surface area contributed by atoms with Crippen LogP contribution in [0, 0.1) is 0 Å². The first-order valence-electron chi connectivity index (χ1n) is 6.31. The fourth-order valence-corrected chi connectivity index (χ4v) is 3.71. The van der Waals surface area contributed by atoms with Gasteiger partial charge >= 0.3 is 0 Å². The number of amides is 1. The molecular weight excluding hydrogens is 280 g/mol. The Balaban J connectivity index is 2.28. The van der Waals surface area contributed by atoms with E-state index in [9.17, 15) is 13.2 Å². The summed E-state index contributed by atoms with van der Waals surface area (Å²) in [6.45, 7) is 2.03. The lowest BCUT2D eigenvalue weighted by molar-refractivity contribution is -0.151. The maximum Gasteiger partial charge on any atom is 0.253 e. The molecule has 1 saturated heterocycles. The highest BCUT2D eigenvalue weighted by Crippen LogP contribution is 2.24. The van der Waals surface area contributed by atoms with Gasteiger partial charge in [-0.2, -0.15) is 4.31 Å². The SMILES string of the molecule is CNC(=O)C1(C)CN(S(=O)(=O)c2ccccc2)CCO1. The minimum atomic E-state index is -3.60. The van der Waals surface area contributed by atoms with E-state index in [1.165, 1.54) is 11.4 Å². The third-order valence-corrected chi connectivity index (χ3v) is 5.19. The number of ether oxygens (including phenoxy) is 1. The molecule has 0 radical (unpaired) electrons. The molecule has 0 spiro atoms. The molecule has 20 heavy (non-hydrogen) atoms. The Bertz CT molecular complexity index is 588. The molecule has 6 nitrogen and oxygen atoms in total. The Labute approximate surface area is 118 Å². The predicted molar refractivity (Wildman–Crippen MR) is 73.6 cm³/mol. The van der Waals surface area contributed by atoms with E-state index in [0.717, 1.165) is 0 Å². The van der Waals surface area contributed by atoms with Gasteiger partial charge in [0.25, 0.3) is 5.91 Å². The number of rotatable bonds is 3. The van der Waals surface area contributed by atoms with Crippen molar-refractivity contribution >= 4 is 15.9 Å². The van der Waals surface area contributed by atoms with E-state index in [1.807, 2.05) is 0 Å². The number of carbonyl (C=O) groups excluding carboxylic acids is 1. The maximum absolute atomic E-state index is 12.5. The van der Waals surface area contributed by atoms with Crippen molar-refractivity contribution in [3.63, 3.8) is 0 Å². The first-order valence-corrected chi connectivity index (χ1v) is 7.75. The summed E-state index contributed by atoms with van der Waals surface area (Å²) in [4.78, 5) is 12.1. The summed E-state index contributed by atoms with van der Waals surface area (Å²) in [5.41, 5.74) is -1.16. The van der Waals surface area contributed by atoms with Crippen LogP contribution in [0.25, 0.3) is 0 Å². The van der Waals surface area contributed by atoms with Crippen molar-refractivity contribution in [3.8, 4) is 0 Å². The van der Waals surface area contributed by atoms with Crippen LogP contribution in [-0.4, -0.2) is 51.0 Å². The highest BCUT2D eigenvalue weighted by Gasteiger charge is 2.42. The molecule has 7 heteroatoms. The first kappa shape index (κ1) is 15.0. The predicted octanol–water partition coefficient (Wildman–Crippen LogP) is 0.212. The highest BCUT2D eigenvalue weighted by atomic mass is 32.2. The van der Waals surface area contributed by atoms with Crippen LogP contribution >= 0.6 is 0 Å². The third kappa shape index (κ3) is 2.70. The van der Waals surface area contributed by atoms with Crippen molar-refractivity contribution in [2.75, 3.05) is 26.7 Å². The molecule has 2 rings (SSSR count). The van der Waals surface area contributed by atoms with Crippen molar-refractivity contribution in [1.82, 2.24) is 9.62 Å². The smallest absolute Gasteiger partial charge is 0.253 e. The molecular formula is C13H18N2O4S. The molecule has 1 heterocycles. The number of nitrogens with zero attached hydrogens (tertiary/aromatic N) is 1. The van der Waals surface area contributed by atoms with Gasteiger partial charge in [-0.05, 0) is 19.1 Å². The van der Waals surface area contributed by atoms with Gasteiger partial charge < -0.3 is 10.1 Å². The van der Waals surface area contributed by atoms with Crippen LogP contribution in [-0.2, 0) is 19.6 Å². The molecule has 110 valence electrons. The quantitative estimate of drug-likeness (QED) is 0.865. The second kappa shape index (κ2) is 5.51. The summed E-state index contributed by atoms with van der Waals surface area (Å²) in [7, 11) is -2.10. The van der Waals surface area contributed by atoms with Crippen molar-refractivity contribution in [2.24, 2.45) is 0 Å². The van der Waals surface area contributed by atoms with E-state index in [1.54, 1.807) is 37.3 Å². The van der Waals surface area contributed by atoms with Gasteiger partial charge in [-0.15, -0.1) is 0 Å². The molecule has 1 aliphatic heterocycles. The third-order valence-electron chi connectivity index (χ3n) is 3.33. The topological polar surface area (TPSA) is 75.7 Å². The Morgan fingerprint density at radius 3 is 2.60 bits per heavy atom. The summed E-state index contributed by atoms with van der Waals surface area (Å²) in [6, 6.07) is 8.19. The average molecular weight is 298 g/mol. The van der Waals surface area contributed by atoms with Crippen LogP contribution in [0.4, 0.5) is 0 Å². The molecule has 1 aliphatic rings. The van der Waals surface area contributed by atoms with Crippen LogP contribution in [0.2, 0.25) is 0 Å². The molecule has 1 atom stereocenters. The fraction of sp³-hybridized carbons (Fsp3) is 0.462. The molecule has 0 aliphatic carbocycles. The van der Waals surface area contributed by atoms with E-state index in [0.29, 0.717) is 0 Å². The van der Waals surface area contributed by atoms with Crippen molar-refractivity contribution in [1.29, 1.82) is 0 Å². The number of carbonyl (C=O) groups is 1. The molecule has 1 aromatic carbocycles. The molecule has 0 aromatic heterocycles. The summed E-state index contributed by atoms with van der Waals surface area (Å²) in [5, 5.41) is 2.50. The van der Waals surface area contributed by atoms with E-state index in [4.69, 9.17) is 4.74 Å². The second-order valence-electron chi connectivity index (χ2n) is 4.81. The number of benzene rings is 1. The van der Waals surface area contributed by atoms with Gasteiger partial charge in [-0.25, -0.2) is 8.42 Å². The Kier molecular flexibility index (Phi) is 4.12. The molecule has 1 amide bonds. The standard InChI is InChI=1S/C13H18N2O4S/c1-13(12(16)14-2)10-15(8-9-19-13)20(17,18)11-6-4-3-5-7-11/h3-7H,8-10H2,1-2H3,(H,14,16). The highest BCUT2D eigenvalue weighted by molar-refractivity contribution is 7.89. The monoisotopic (exact) mass is 298 g/mol. The zero-order chi connectivity index (χ0) is 14.8. The second-order valence-corrected chi connectivity index (χ2v) is 6.75. The lowest BCUT2D eigenvalue weighted by Crippen LogP contribution is -2.58. The average Bonchev–Trinajstić information content (AvgIpc) is 2.47. The van der Waals surface area contributed by atoms with Crippen LogP contribution in [0.3, 0.4) is 0 Å². The molecule has 1 N–H and O–H groups in total. The molecule has 1 unspecified atom stereocenters. The fourth-order valence-electron chi connectivity index (χ4n) is 2.18. The Hall–Kier alpha value is -1.44. The van der Waals surface area contributed by atoms with Crippen LogP contribution in [0.15, 0.2) is 35.2 Å². The zero-order valence-electron chi connectivity index (χ0n) is 11.5. The van der Waals surface area contributed by atoms with Crippen LogP contribution in [0.1, 0.15) is 6.92 Å². The Morgan fingerprint density at radius 2 is 2.00 bits per heavy atom. The van der Waals surface area contributed by atoms with E-state index in [-0.39, 0.29) is 30.5 Å². The van der Waals surface area contributed by atoms with E-state index < -0.39 is 15.6 Å². The van der Waals surface area contributed by atoms with Gasteiger partial charge in [-0.3, -0.25) is 4.79 Å². The van der Waals surface area contributed by atoms with Crippen molar-refractivity contribution in [2.45, 2.75) is 17.4 Å². The van der Waals surface area contributed by atoms with Crippen LogP contribution < -0.4 is 5.32 Å². The number of nitrogens with one attached hydrogen (secondary N) is 1. The first-order chi connectivity index (χ1) is 9.40. The number of morpholine rings is 1.